The molecular formula is C50H71FN6O6. The number of benzene rings is 3. The monoisotopic (exact) mass is 871 g/mol. The molecule has 0 radical (unpaired) electrons. The summed E-state index contributed by atoms with van der Waals surface area (Å²) in [6.45, 7) is 13.0. The number of esters is 1. The van der Waals surface area contributed by atoms with Crippen LogP contribution < -0.4 is 20.1 Å². The van der Waals surface area contributed by atoms with E-state index in [1.54, 1.807) is 24.1 Å². The number of carbonyl (C=O) groups is 3. The molecule has 3 amide bonds. The number of aryl methyl sites for hydroxylation is 1. The second-order valence-corrected chi connectivity index (χ2v) is 17.9. The standard InChI is InChI=1S/C50H71FN6O6/c1-37(2)53-50(60)56(35-40-13-17-42(51)18-14-40)29-26-54-24-27-55(28-25-54)48(58)36-62-45-19-15-39(16-20-45)34-52-22-7-5-6-8-23-57-43-10-9-11-44(57)33-46(32-43)63-49(59)31-41-30-38(3)12-21-47(41)61-4/h12-21,30,37,43-44,46,52H,5-11,22-29,31-36H2,1-4H3,(H,53,60). The number of carbonyl (C=O) groups excluding carboxylic acids is 3. The minimum Gasteiger partial charge on any atom is -0.496 e. The fourth-order valence-electron chi connectivity index (χ4n) is 9.27. The van der Waals surface area contributed by atoms with Crippen LogP contribution in [0.15, 0.2) is 66.7 Å². The predicted octanol–water partition coefficient (Wildman–Crippen LogP) is 7.11. The molecule has 2 unspecified atom stereocenters. The number of halogens is 1. The van der Waals surface area contributed by atoms with Crippen LogP contribution in [0.3, 0.4) is 0 Å². The zero-order valence-corrected chi connectivity index (χ0v) is 38.1. The van der Waals surface area contributed by atoms with E-state index < -0.39 is 0 Å². The lowest BCUT2D eigenvalue weighted by atomic mass is 9.82. The molecule has 3 aliphatic heterocycles. The maximum Gasteiger partial charge on any atom is 0.317 e. The van der Waals surface area contributed by atoms with Gasteiger partial charge in [-0.3, -0.25) is 19.4 Å². The molecular weight excluding hydrogens is 800 g/mol. The Bertz CT molecular complexity index is 1870. The van der Waals surface area contributed by atoms with Crippen molar-refractivity contribution < 1.29 is 33.0 Å². The Morgan fingerprint density at radius 2 is 1.56 bits per heavy atom. The average molecular weight is 871 g/mol. The third-order valence-electron chi connectivity index (χ3n) is 12.7. The molecule has 3 aromatic carbocycles. The number of nitrogens with one attached hydrogen (secondary N) is 2. The molecule has 344 valence electrons. The second-order valence-electron chi connectivity index (χ2n) is 17.9. The van der Waals surface area contributed by atoms with Crippen LogP contribution in [-0.2, 0) is 33.8 Å². The lowest BCUT2D eigenvalue weighted by Crippen LogP contribution is -2.54. The molecule has 2 atom stereocenters. The Kier molecular flexibility index (Phi) is 18.5. The Morgan fingerprint density at radius 3 is 2.25 bits per heavy atom. The van der Waals surface area contributed by atoms with Gasteiger partial charge in [-0.25, -0.2) is 9.18 Å². The zero-order valence-electron chi connectivity index (χ0n) is 38.1. The molecule has 0 aliphatic carbocycles. The van der Waals surface area contributed by atoms with Gasteiger partial charge in [0.25, 0.3) is 5.91 Å². The van der Waals surface area contributed by atoms with Gasteiger partial charge in [-0.2, -0.15) is 0 Å². The first-order valence-electron chi connectivity index (χ1n) is 23.3. The molecule has 3 fully saturated rings. The van der Waals surface area contributed by atoms with Crippen LogP contribution in [0, 0.1) is 12.7 Å². The molecule has 0 saturated carbocycles. The van der Waals surface area contributed by atoms with Crippen molar-refractivity contribution in [1.29, 1.82) is 0 Å². The lowest BCUT2D eigenvalue weighted by molar-refractivity contribution is -0.154. The topological polar surface area (TPSA) is 116 Å². The van der Waals surface area contributed by atoms with Gasteiger partial charge in [-0.1, -0.05) is 61.2 Å². The normalized spacial score (nSPS) is 19.1. The van der Waals surface area contributed by atoms with E-state index in [0.29, 0.717) is 50.6 Å². The molecule has 12 nitrogen and oxygen atoms in total. The molecule has 0 aromatic heterocycles. The number of fused-ring (bicyclic) bond motifs is 2. The number of piperidine rings is 2. The van der Waals surface area contributed by atoms with Gasteiger partial charge in [0.2, 0.25) is 0 Å². The third kappa shape index (κ3) is 15.2. The van der Waals surface area contributed by atoms with E-state index in [1.807, 2.05) is 56.0 Å². The average Bonchev–Trinajstić information content (AvgIpc) is 3.26. The highest BCUT2D eigenvalue weighted by atomic mass is 19.1. The first-order chi connectivity index (χ1) is 30.5. The van der Waals surface area contributed by atoms with Gasteiger partial charge in [-0.15, -0.1) is 0 Å². The molecule has 3 heterocycles. The van der Waals surface area contributed by atoms with E-state index in [0.717, 1.165) is 74.4 Å². The van der Waals surface area contributed by atoms with E-state index in [-0.39, 0.29) is 48.9 Å². The van der Waals surface area contributed by atoms with Crippen molar-refractivity contribution in [3.63, 3.8) is 0 Å². The van der Waals surface area contributed by atoms with Gasteiger partial charge in [0, 0.05) is 88.9 Å². The number of unbranched alkanes of at least 4 members (excludes halogenated alkanes) is 3. The highest BCUT2D eigenvalue weighted by molar-refractivity contribution is 5.78. The molecule has 6 rings (SSSR count). The molecule has 13 heteroatoms. The van der Waals surface area contributed by atoms with Gasteiger partial charge >= 0.3 is 12.0 Å². The van der Waals surface area contributed by atoms with E-state index in [2.05, 4.69) is 32.6 Å². The van der Waals surface area contributed by atoms with Crippen LogP contribution in [0.25, 0.3) is 0 Å². The Hall–Kier alpha value is -4.72. The minimum atomic E-state index is -0.299. The van der Waals surface area contributed by atoms with Crippen molar-refractivity contribution in [1.82, 2.24) is 30.2 Å². The van der Waals surface area contributed by atoms with Crippen LogP contribution in [0.1, 0.15) is 93.9 Å². The molecule has 3 aliphatic rings. The largest absolute Gasteiger partial charge is 0.496 e. The Morgan fingerprint density at radius 1 is 0.857 bits per heavy atom. The van der Waals surface area contributed by atoms with Gasteiger partial charge in [0.1, 0.15) is 23.4 Å². The number of nitrogens with zero attached hydrogens (tertiary/aromatic N) is 4. The Balaban J connectivity index is 0.799. The predicted molar refractivity (Wildman–Crippen MR) is 244 cm³/mol. The quantitative estimate of drug-likeness (QED) is 0.0806. The number of methoxy groups -OCH3 is 1. The first kappa shape index (κ1) is 47.8. The number of hydrogen-bond donors (Lipinski definition) is 2. The maximum atomic E-state index is 13.4. The Labute approximate surface area is 374 Å². The molecule has 3 aromatic rings. The maximum absolute atomic E-state index is 13.4. The lowest BCUT2D eigenvalue weighted by Gasteiger charge is -2.48. The highest BCUT2D eigenvalue weighted by Crippen LogP contribution is 2.36. The van der Waals surface area contributed by atoms with Crippen LogP contribution >= 0.6 is 0 Å². The molecule has 0 spiro atoms. The third-order valence-corrected chi connectivity index (χ3v) is 12.7. The molecule has 2 N–H and O–H groups in total. The summed E-state index contributed by atoms with van der Waals surface area (Å²) < 4.78 is 30.8. The summed E-state index contributed by atoms with van der Waals surface area (Å²) in [4.78, 5) is 47.4. The van der Waals surface area contributed by atoms with Crippen LogP contribution in [-0.4, -0.2) is 128 Å². The van der Waals surface area contributed by atoms with Crippen LogP contribution in [0.2, 0.25) is 0 Å². The molecule has 2 bridgehead atoms. The van der Waals surface area contributed by atoms with Crippen molar-refractivity contribution in [3.8, 4) is 11.5 Å². The number of urea groups is 1. The zero-order chi connectivity index (χ0) is 44.6. The van der Waals surface area contributed by atoms with Crippen LogP contribution in [0.4, 0.5) is 9.18 Å². The van der Waals surface area contributed by atoms with Gasteiger partial charge < -0.3 is 34.6 Å². The van der Waals surface area contributed by atoms with Crippen molar-refractivity contribution in [2.24, 2.45) is 0 Å². The number of amides is 3. The minimum absolute atomic E-state index is 0.00126. The summed E-state index contributed by atoms with van der Waals surface area (Å²) in [7, 11) is 1.64. The summed E-state index contributed by atoms with van der Waals surface area (Å²) in [6.07, 6.45) is 10.5. The van der Waals surface area contributed by atoms with Crippen LogP contribution in [0.5, 0.6) is 11.5 Å². The van der Waals surface area contributed by atoms with Crippen molar-refractivity contribution in [2.45, 2.75) is 122 Å². The van der Waals surface area contributed by atoms with Crippen molar-refractivity contribution in [2.75, 3.05) is 66.1 Å². The SMILES string of the molecule is COc1ccc(C)cc1CC(=O)OC1CC2CCCC(C1)N2CCCCCCNCc1ccc(OCC(=O)N2CCN(CCN(Cc3ccc(F)cc3)C(=O)NC(C)C)CC2)cc1. The van der Waals surface area contributed by atoms with Gasteiger partial charge in [0.15, 0.2) is 6.61 Å². The fraction of sp³-hybridized carbons (Fsp3) is 0.580. The highest BCUT2D eigenvalue weighted by Gasteiger charge is 2.39. The van der Waals surface area contributed by atoms with E-state index in [9.17, 15) is 18.8 Å². The van der Waals surface area contributed by atoms with Crippen molar-refractivity contribution >= 4 is 17.9 Å². The fourth-order valence-corrected chi connectivity index (χ4v) is 9.27. The summed E-state index contributed by atoms with van der Waals surface area (Å²) >= 11 is 0. The second kappa shape index (κ2) is 24.4. The van der Waals surface area contributed by atoms with E-state index >= 15 is 0 Å². The van der Waals surface area contributed by atoms with E-state index in [4.69, 9.17) is 14.2 Å². The van der Waals surface area contributed by atoms with Gasteiger partial charge in [-0.05, 0) is 101 Å². The molecule has 63 heavy (non-hydrogen) atoms. The van der Waals surface area contributed by atoms with Gasteiger partial charge in [0.05, 0.1) is 13.5 Å². The summed E-state index contributed by atoms with van der Waals surface area (Å²) in [5, 5.41) is 6.55. The number of ether oxygens (including phenoxy) is 3. The summed E-state index contributed by atoms with van der Waals surface area (Å²) in [6, 6.07) is 21.0. The van der Waals surface area contributed by atoms with Crippen molar-refractivity contribution in [3.05, 3.63) is 94.8 Å². The summed E-state index contributed by atoms with van der Waals surface area (Å²) in [5.41, 5.74) is 4.05. The summed E-state index contributed by atoms with van der Waals surface area (Å²) in [5.74, 6) is 0.931. The smallest absolute Gasteiger partial charge is 0.317 e. The number of piperazine rings is 1. The van der Waals surface area contributed by atoms with E-state index in [1.165, 1.54) is 56.2 Å². The number of rotatable bonds is 22. The molecule has 3 saturated heterocycles. The first-order valence-corrected chi connectivity index (χ1v) is 23.3. The number of hydrogen-bond acceptors (Lipinski definition) is 9.